The second-order valence-electron chi connectivity index (χ2n) is 3.91. The highest BCUT2D eigenvalue weighted by Crippen LogP contribution is 2.15. The average molecular weight is 239 g/mol. The number of halogens is 2. The molecular formula is C10H19F2NO3. The third kappa shape index (κ3) is 5.37. The summed E-state index contributed by atoms with van der Waals surface area (Å²) in [6, 6.07) is 0. The van der Waals surface area contributed by atoms with Crippen molar-refractivity contribution < 1.29 is 23.4 Å². The summed E-state index contributed by atoms with van der Waals surface area (Å²) >= 11 is 0. The van der Waals surface area contributed by atoms with Crippen LogP contribution in [-0.2, 0) is 9.53 Å². The summed E-state index contributed by atoms with van der Waals surface area (Å²) in [6.07, 6.45) is -2.92. The Morgan fingerprint density at radius 2 is 2.12 bits per heavy atom. The van der Waals surface area contributed by atoms with Gasteiger partial charge in [-0.3, -0.25) is 4.79 Å². The van der Waals surface area contributed by atoms with Gasteiger partial charge in [-0.1, -0.05) is 6.92 Å². The summed E-state index contributed by atoms with van der Waals surface area (Å²) in [5, 5.41) is 11.8. The number of carboxylic acid groups (broad SMARTS) is 1. The molecule has 2 atom stereocenters. The lowest BCUT2D eigenvalue weighted by Gasteiger charge is -2.28. The van der Waals surface area contributed by atoms with E-state index >= 15 is 0 Å². The fraction of sp³-hybridized carbons (Fsp3) is 0.900. The summed E-state index contributed by atoms with van der Waals surface area (Å²) in [6.45, 7) is 4.71. The average Bonchev–Trinajstić information content (AvgIpc) is 2.14. The summed E-state index contributed by atoms with van der Waals surface area (Å²) in [4.78, 5) is 11.0. The van der Waals surface area contributed by atoms with Gasteiger partial charge in [-0.05, 0) is 20.4 Å². The summed E-state index contributed by atoms with van der Waals surface area (Å²) in [7, 11) is 0. The van der Waals surface area contributed by atoms with Crippen molar-refractivity contribution in [1.82, 2.24) is 5.32 Å². The van der Waals surface area contributed by atoms with Crippen LogP contribution in [0.5, 0.6) is 0 Å². The predicted molar refractivity (Wildman–Crippen MR) is 55.8 cm³/mol. The second-order valence-corrected chi connectivity index (χ2v) is 3.91. The lowest BCUT2D eigenvalue weighted by molar-refractivity contribution is -0.146. The number of carbonyl (C=O) groups is 1. The number of hydrogen-bond donors (Lipinski definition) is 2. The zero-order chi connectivity index (χ0) is 12.8. The first kappa shape index (κ1) is 15.2. The maximum Gasteiger partial charge on any atom is 0.323 e. The lowest BCUT2D eigenvalue weighted by atomic mass is 9.95. The van der Waals surface area contributed by atoms with Crippen LogP contribution in [0, 0.1) is 0 Å². The van der Waals surface area contributed by atoms with Gasteiger partial charge in [0.25, 0.3) is 6.43 Å². The van der Waals surface area contributed by atoms with Gasteiger partial charge in [0, 0.05) is 6.42 Å². The molecule has 0 aromatic rings. The summed E-state index contributed by atoms with van der Waals surface area (Å²) < 4.78 is 28.6. The maximum atomic E-state index is 11.9. The molecule has 0 aromatic heterocycles. The Morgan fingerprint density at radius 1 is 1.56 bits per heavy atom. The standard InChI is InChI=1S/C10H19F2NO3/c1-4-13-10(3,9(14)15)5-7(2)16-6-8(11)12/h7-8,13H,4-6H2,1-3H3,(H,14,15). The van der Waals surface area contributed by atoms with E-state index in [2.05, 4.69) is 5.32 Å². The number of likely N-dealkylation sites (N-methyl/N-ethyl adjacent to an activating group) is 1. The summed E-state index contributed by atoms with van der Waals surface area (Å²) in [5.74, 6) is -1.01. The van der Waals surface area contributed by atoms with Crippen molar-refractivity contribution in [1.29, 1.82) is 0 Å². The monoisotopic (exact) mass is 239 g/mol. The normalized spacial score (nSPS) is 17.1. The Balaban J connectivity index is 4.23. The Bertz CT molecular complexity index is 226. The van der Waals surface area contributed by atoms with Crippen LogP contribution in [0.1, 0.15) is 27.2 Å². The van der Waals surface area contributed by atoms with Crippen LogP contribution in [0.4, 0.5) is 8.78 Å². The van der Waals surface area contributed by atoms with E-state index in [1.165, 1.54) is 6.92 Å². The fourth-order valence-electron chi connectivity index (χ4n) is 1.50. The number of ether oxygens (including phenoxy) is 1. The first-order valence-corrected chi connectivity index (χ1v) is 5.20. The van der Waals surface area contributed by atoms with Crippen LogP contribution in [-0.4, -0.2) is 42.3 Å². The van der Waals surface area contributed by atoms with Crippen molar-refractivity contribution in [2.45, 2.75) is 45.3 Å². The van der Waals surface area contributed by atoms with Gasteiger partial charge in [0.1, 0.15) is 12.1 Å². The van der Waals surface area contributed by atoms with E-state index in [1.807, 2.05) is 0 Å². The number of aliphatic carboxylic acids is 1. The quantitative estimate of drug-likeness (QED) is 0.674. The maximum absolute atomic E-state index is 11.9. The molecule has 0 amide bonds. The van der Waals surface area contributed by atoms with Crippen LogP contribution < -0.4 is 5.32 Å². The molecule has 0 aliphatic heterocycles. The molecule has 0 saturated heterocycles. The fourth-order valence-corrected chi connectivity index (χ4v) is 1.50. The molecule has 0 aliphatic carbocycles. The number of carboxylic acids is 1. The van der Waals surface area contributed by atoms with E-state index in [1.54, 1.807) is 13.8 Å². The lowest BCUT2D eigenvalue weighted by Crippen LogP contribution is -2.51. The Kier molecular flexibility index (Phi) is 6.43. The molecule has 96 valence electrons. The molecule has 0 aliphatic rings. The van der Waals surface area contributed by atoms with Crippen molar-refractivity contribution in [3.8, 4) is 0 Å². The van der Waals surface area contributed by atoms with Gasteiger partial charge in [0.2, 0.25) is 0 Å². The van der Waals surface area contributed by atoms with Crippen LogP contribution >= 0.6 is 0 Å². The molecule has 0 rings (SSSR count). The third-order valence-corrected chi connectivity index (χ3v) is 2.24. The molecular weight excluding hydrogens is 220 g/mol. The molecule has 16 heavy (non-hydrogen) atoms. The minimum absolute atomic E-state index is 0.142. The molecule has 6 heteroatoms. The zero-order valence-corrected chi connectivity index (χ0v) is 9.80. The van der Waals surface area contributed by atoms with Crippen LogP contribution in [0.3, 0.4) is 0 Å². The highest BCUT2D eigenvalue weighted by molar-refractivity contribution is 5.78. The first-order valence-electron chi connectivity index (χ1n) is 5.20. The largest absolute Gasteiger partial charge is 0.480 e. The molecule has 0 bridgehead atoms. The molecule has 0 fully saturated rings. The minimum Gasteiger partial charge on any atom is -0.480 e. The second kappa shape index (κ2) is 6.75. The van der Waals surface area contributed by atoms with Gasteiger partial charge < -0.3 is 15.2 Å². The zero-order valence-electron chi connectivity index (χ0n) is 9.80. The van der Waals surface area contributed by atoms with Gasteiger partial charge in [0.15, 0.2) is 0 Å². The highest BCUT2D eigenvalue weighted by Gasteiger charge is 2.34. The molecule has 0 saturated carbocycles. The van der Waals surface area contributed by atoms with E-state index in [0.29, 0.717) is 6.54 Å². The van der Waals surface area contributed by atoms with Crippen molar-refractivity contribution in [2.75, 3.05) is 13.2 Å². The summed E-state index contributed by atoms with van der Waals surface area (Å²) in [5.41, 5.74) is -1.14. The van der Waals surface area contributed by atoms with E-state index < -0.39 is 30.6 Å². The molecule has 0 spiro atoms. The Labute approximate surface area is 94.0 Å². The van der Waals surface area contributed by atoms with Crippen molar-refractivity contribution in [2.24, 2.45) is 0 Å². The Hall–Kier alpha value is -0.750. The first-order chi connectivity index (χ1) is 7.31. The van der Waals surface area contributed by atoms with Crippen LogP contribution in [0.15, 0.2) is 0 Å². The molecule has 0 radical (unpaired) electrons. The molecule has 4 nitrogen and oxygen atoms in total. The van der Waals surface area contributed by atoms with E-state index in [0.717, 1.165) is 0 Å². The van der Waals surface area contributed by atoms with Crippen molar-refractivity contribution in [3.05, 3.63) is 0 Å². The smallest absolute Gasteiger partial charge is 0.323 e. The van der Waals surface area contributed by atoms with Gasteiger partial charge >= 0.3 is 5.97 Å². The van der Waals surface area contributed by atoms with Crippen LogP contribution in [0.2, 0.25) is 0 Å². The van der Waals surface area contributed by atoms with Crippen molar-refractivity contribution >= 4 is 5.97 Å². The Morgan fingerprint density at radius 3 is 2.50 bits per heavy atom. The van der Waals surface area contributed by atoms with E-state index in [4.69, 9.17) is 9.84 Å². The molecule has 0 aromatic carbocycles. The van der Waals surface area contributed by atoms with Crippen LogP contribution in [0.25, 0.3) is 0 Å². The topological polar surface area (TPSA) is 58.6 Å². The molecule has 2 N–H and O–H groups in total. The number of hydrogen-bond acceptors (Lipinski definition) is 3. The molecule has 0 heterocycles. The van der Waals surface area contributed by atoms with E-state index in [9.17, 15) is 13.6 Å². The third-order valence-electron chi connectivity index (χ3n) is 2.24. The van der Waals surface area contributed by atoms with Gasteiger partial charge in [-0.2, -0.15) is 0 Å². The van der Waals surface area contributed by atoms with Gasteiger partial charge in [-0.25, -0.2) is 8.78 Å². The SMILES string of the molecule is CCNC(C)(CC(C)OCC(F)F)C(=O)O. The van der Waals surface area contributed by atoms with Crippen molar-refractivity contribution in [3.63, 3.8) is 0 Å². The minimum atomic E-state index is -2.53. The number of alkyl halides is 2. The number of rotatable bonds is 8. The number of nitrogens with one attached hydrogen (secondary N) is 1. The predicted octanol–water partition coefficient (Wildman–Crippen LogP) is 1.50. The van der Waals surface area contributed by atoms with Gasteiger partial charge in [-0.15, -0.1) is 0 Å². The highest BCUT2D eigenvalue weighted by atomic mass is 19.3. The van der Waals surface area contributed by atoms with E-state index in [-0.39, 0.29) is 6.42 Å². The van der Waals surface area contributed by atoms with Gasteiger partial charge in [0.05, 0.1) is 6.10 Å². The molecule has 2 unspecified atom stereocenters.